The molecular weight excluding hydrogens is 295 g/mol. The number of benzene rings is 1. The second-order valence-electron chi connectivity index (χ2n) is 5.89. The number of hydrogen-bond donors (Lipinski definition) is 0. The number of likely N-dealkylation sites (tertiary alicyclic amines) is 1. The van der Waals surface area contributed by atoms with Crippen LogP contribution in [-0.2, 0) is 4.79 Å². The van der Waals surface area contributed by atoms with Crippen molar-refractivity contribution in [2.24, 2.45) is 0 Å². The quantitative estimate of drug-likeness (QED) is 0.808. The number of allylic oxidation sites excluding steroid dienone is 1. The van der Waals surface area contributed by atoms with Crippen molar-refractivity contribution in [3.05, 3.63) is 59.2 Å². The minimum absolute atomic E-state index is 0.0304. The van der Waals surface area contributed by atoms with Gasteiger partial charge in [-0.2, -0.15) is 0 Å². The van der Waals surface area contributed by atoms with E-state index in [1.165, 1.54) is 12.1 Å². The van der Waals surface area contributed by atoms with Gasteiger partial charge in [-0.25, -0.2) is 4.39 Å². The van der Waals surface area contributed by atoms with Gasteiger partial charge in [0.1, 0.15) is 17.3 Å². The second-order valence-corrected chi connectivity index (χ2v) is 5.89. The fourth-order valence-electron chi connectivity index (χ4n) is 2.94. The Bertz CT molecular complexity index is 734. The Labute approximate surface area is 134 Å². The van der Waals surface area contributed by atoms with Crippen LogP contribution in [0.2, 0.25) is 0 Å². The largest absolute Gasteiger partial charge is 0.361 e. The van der Waals surface area contributed by atoms with Gasteiger partial charge >= 0.3 is 0 Å². The van der Waals surface area contributed by atoms with Crippen LogP contribution in [0.5, 0.6) is 0 Å². The first-order valence-corrected chi connectivity index (χ1v) is 7.72. The van der Waals surface area contributed by atoms with Gasteiger partial charge < -0.3 is 9.42 Å². The summed E-state index contributed by atoms with van der Waals surface area (Å²) < 4.78 is 18.1. The van der Waals surface area contributed by atoms with Gasteiger partial charge in [-0.3, -0.25) is 4.79 Å². The number of amides is 1. The van der Waals surface area contributed by atoms with Crippen molar-refractivity contribution in [2.45, 2.75) is 32.7 Å². The van der Waals surface area contributed by atoms with E-state index in [1.54, 1.807) is 18.2 Å². The minimum atomic E-state index is -0.283. The fourth-order valence-corrected chi connectivity index (χ4v) is 2.94. The van der Waals surface area contributed by atoms with Crippen LogP contribution in [-0.4, -0.2) is 22.5 Å². The molecule has 3 rings (SSSR count). The van der Waals surface area contributed by atoms with Gasteiger partial charge in [0, 0.05) is 18.7 Å². The molecule has 2 heterocycles. The predicted molar refractivity (Wildman–Crippen MR) is 85.0 cm³/mol. The first-order valence-electron chi connectivity index (χ1n) is 7.72. The van der Waals surface area contributed by atoms with Crippen LogP contribution in [0, 0.1) is 12.7 Å². The zero-order valence-corrected chi connectivity index (χ0v) is 13.3. The number of aryl methyl sites for hydroxylation is 1. The Morgan fingerprint density at radius 3 is 2.78 bits per heavy atom. The van der Waals surface area contributed by atoms with Crippen molar-refractivity contribution in [3.63, 3.8) is 0 Å². The monoisotopic (exact) mass is 314 g/mol. The minimum Gasteiger partial charge on any atom is -0.361 e. The molecule has 23 heavy (non-hydrogen) atoms. The molecule has 0 bridgehead atoms. The molecule has 1 unspecified atom stereocenters. The summed E-state index contributed by atoms with van der Waals surface area (Å²) in [5.41, 5.74) is 2.46. The van der Waals surface area contributed by atoms with Crippen molar-refractivity contribution < 1.29 is 13.7 Å². The third kappa shape index (κ3) is 3.33. The highest BCUT2D eigenvalue weighted by molar-refractivity contribution is 5.95. The summed E-state index contributed by atoms with van der Waals surface area (Å²) in [4.78, 5) is 14.4. The number of rotatable bonds is 3. The SMILES string of the molecule is C/C(=C\C(=O)N1CCCC1c1cc(C)on1)c1ccc(F)cc1. The van der Waals surface area contributed by atoms with Crippen LogP contribution in [0.3, 0.4) is 0 Å². The zero-order valence-electron chi connectivity index (χ0n) is 13.3. The molecule has 0 saturated carbocycles. The van der Waals surface area contributed by atoms with Gasteiger partial charge in [-0.05, 0) is 50.0 Å². The molecule has 1 atom stereocenters. The molecular formula is C18H19FN2O2. The zero-order chi connectivity index (χ0) is 16.4. The molecule has 1 aromatic carbocycles. The third-order valence-corrected chi connectivity index (χ3v) is 4.16. The Balaban J connectivity index is 1.78. The van der Waals surface area contributed by atoms with Crippen LogP contribution in [0.1, 0.15) is 42.8 Å². The first kappa shape index (κ1) is 15.5. The van der Waals surface area contributed by atoms with Gasteiger partial charge in [-0.1, -0.05) is 17.3 Å². The van der Waals surface area contributed by atoms with E-state index in [2.05, 4.69) is 5.16 Å². The maximum absolute atomic E-state index is 13.0. The lowest BCUT2D eigenvalue weighted by atomic mass is 10.1. The van der Waals surface area contributed by atoms with Gasteiger partial charge in [-0.15, -0.1) is 0 Å². The number of aromatic nitrogens is 1. The predicted octanol–water partition coefficient (Wildman–Crippen LogP) is 3.89. The van der Waals surface area contributed by atoms with E-state index in [4.69, 9.17) is 4.52 Å². The van der Waals surface area contributed by atoms with Crippen LogP contribution in [0.4, 0.5) is 4.39 Å². The van der Waals surface area contributed by atoms with Gasteiger partial charge in [0.25, 0.3) is 0 Å². The highest BCUT2D eigenvalue weighted by Gasteiger charge is 2.31. The normalized spacial score (nSPS) is 18.5. The van der Waals surface area contributed by atoms with Gasteiger partial charge in [0.2, 0.25) is 5.91 Å². The number of nitrogens with zero attached hydrogens (tertiary/aromatic N) is 2. The Kier molecular flexibility index (Phi) is 4.28. The van der Waals surface area contributed by atoms with E-state index in [-0.39, 0.29) is 17.8 Å². The van der Waals surface area contributed by atoms with E-state index in [0.29, 0.717) is 6.54 Å². The number of carbonyl (C=O) groups is 1. The smallest absolute Gasteiger partial charge is 0.247 e. The lowest BCUT2D eigenvalue weighted by molar-refractivity contribution is -0.126. The third-order valence-electron chi connectivity index (χ3n) is 4.16. The topological polar surface area (TPSA) is 46.3 Å². The van der Waals surface area contributed by atoms with E-state index >= 15 is 0 Å². The molecule has 1 amide bonds. The summed E-state index contributed by atoms with van der Waals surface area (Å²) in [6.45, 7) is 4.41. The molecule has 0 aliphatic carbocycles. The summed E-state index contributed by atoms with van der Waals surface area (Å²) >= 11 is 0. The standard InChI is InChI=1S/C18H19FN2O2/c1-12(14-5-7-15(19)8-6-14)10-18(22)21-9-3-4-17(21)16-11-13(2)23-20-16/h5-8,10-11,17H,3-4,9H2,1-2H3/b12-10+. The molecule has 5 heteroatoms. The molecule has 1 aliphatic rings. The molecule has 1 fully saturated rings. The highest BCUT2D eigenvalue weighted by atomic mass is 19.1. The molecule has 0 radical (unpaired) electrons. The Hall–Kier alpha value is -2.43. The molecule has 2 aromatic rings. The molecule has 0 N–H and O–H groups in total. The average molecular weight is 314 g/mol. The lowest BCUT2D eigenvalue weighted by Crippen LogP contribution is -2.29. The molecule has 4 nitrogen and oxygen atoms in total. The van der Waals surface area contributed by atoms with Gasteiger partial charge in [0.15, 0.2) is 0 Å². The Morgan fingerprint density at radius 2 is 2.13 bits per heavy atom. The lowest BCUT2D eigenvalue weighted by Gasteiger charge is -2.21. The summed E-state index contributed by atoms with van der Waals surface area (Å²) in [5.74, 6) is 0.418. The van der Waals surface area contributed by atoms with E-state index in [9.17, 15) is 9.18 Å². The van der Waals surface area contributed by atoms with Crippen LogP contribution in [0.15, 0.2) is 40.9 Å². The van der Waals surface area contributed by atoms with E-state index in [1.807, 2.05) is 24.8 Å². The van der Waals surface area contributed by atoms with Crippen molar-refractivity contribution in [1.29, 1.82) is 0 Å². The molecule has 1 aliphatic heterocycles. The maximum Gasteiger partial charge on any atom is 0.247 e. The first-order chi connectivity index (χ1) is 11.0. The maximum atomic E-state index is 13.0. The average Bonchev–Trinajstić information content (AvgIpc) is 3.16. The number of hydrogen-bond acceptors (Lipinski definition) is 3. The van der Waals surface area contributed by atoms with Crippen molar-refractivity contribution in [2.75, 3.05) is 6.54 Å². The molecule has 120 valence electrons. The summed E-state index contributed by atoms with van der Waals surface area (Å²) in [6, 6.07) is 8.00. The highest BCUT2D eigenvalue weighted by Crippen LogP contribution is 2.32. The second kappa shape index (κ2) is 6.36. The molecule has 1 aromatic heterocycles. The van der Waals surface area contributed by atoms with Crippen LogP contribution >= 0.6 is 0 Å². The number of halogens is 1. The molecule has 1 saturated heterocycles. The van der Waals surface area contributed by atoms with E-state index < -0.39 is 0 Å². The Morgan fingerprint density at radius 1 is 1.39 bits per heavy atom. The van der Waals surface area contributed by atoms with Crippen LogP contribution in [0.25, 0.3) is 5.57 Å². The fraction of sp³-hybridized carbons (Fsp3) is 0.333. The van der Waals surface area contributed by atoms with Crippen molar-refractivity contribution in [3.8, 4) is 0 Å². The summed E-state index contributed by atoms with van der Waals surface area (Å²) in [5, 5.41) is 4.05. The van der Waals surface area contributed by atoms with Crippen LogP contribution < -0.4 is 0 Å². The van der Waals surface area contributed by atoms with Gasteiger partial charge in [0.05, 0.1) is 6.04 Å². The summed E-state index contributed by atoms with van der Waals surface area (Å²) in [7, 11) is 0. The van der Waals surface area contributed by atoms with Crippen molar-refractivity contribution >= 4 is 11.5 Å². The van der Waals surface area contributed by atoms with E-state index in [0.717, 1.165) is 35.4 Å². The number of carbonyl (C=O) groups excluding carboxylic acids is 1. The summed E-state index contributed by atoms with van der Waals surface area (Å²) in [6.07, 6.45) is 3.45. The van der Waals surface area contributed by atoms with Crippen molar-refractivity contribution in [1.82, 2.24) is 10.1 Å². The molecule has 0 spiro atoms.